The van der Waals surface area contributed by atoms with Crippen molar-refractivity contribution >= 4 is 0 Å². The molecule has 1 heterocycles. The molecule has 0 atom stereocenters. The highest BCUT2D eigenvalue weighted by atomic mass is 16.5. The number of nitrogens with zero attached hydrogens (tertiary/aromatic N) is 1. The Labute approximate surface area is 115 Å². The number of unbranched alkanes of at least 4 members (excludes halogenated alkanes) is 2. The summed E-state index contributed by atoms with van der Waals surface area (Å²) in [5.74, 6) is 1.59. The number of benzene rings is 1. The van der Waals surface area contributed by atoms with Gasteiger partial charge in [-0.1, -0.05) is 44.0 Å². The van der Waals surface area contributed by atoms with Crippen LogP contribution in [0.3, 0.4) is 0 Å². The van der Waals surface area contributed by atoms with Gasteiger partial charge < -0.3 is 4.74 Å². The maximum atomic E-state index is 5.88. The lowest BCUT2D eigenvalue weighted by molar-refractivity contribution is 0.455. The lowest BCUT2D eigenvalue weighted by Gasteiger charge is -2.10. The van der Waals surface area contributed by atoms with Gasteiger partial charge >= 0.3 is 0 Å². The lowest BCUT2D eigenvalue weighted by atomic mass is 10.1. The summed E-state index contributed by atoms with van der Waals surface area (Å²) in [6, 6.07) is 12.2. The number of pyridine rings is 1. The topological polar surface area (TPSA) is 22.1 Å². The van der Waals surface area contributed by atoms with Crippen molar-refractivity contribution in [1.29, 1.82) is 0 Å². The Morgan fingerprint density at radius 2 is 1.89 bits per heavy atom. The smallest absolute Gasteiger partial charge is 0.219 e. The highest BCUT2D eigenvalue weighted by Gasteiger charge is 2.04. The molecule has 0 bridgehead atoms. The van der Waals surface area contributed by atoms with Crippen molar-refractivity contribution in [2.45, 2.75) is 39.5 Å². The molecule has 0 radical (unpaired) electrons. The van der Waals surface area contributed by atoms with Crippen LogP contribution in [0, 0.1) is 6.92 Å². The van der Waals surface area contributed by atoms with Gasteiger partial charge in [-0.15, -0.1) is 0 Å². The van der Waals surface area contributed by atoms with Crippen molar-refractivity contribution in [2.75, 3.05) is 0 Å². The van der Waals surface area contributed by atoms with Crippen LogP contribution < -0.4 is 4.74 Å². The number of para-hydroxylation sites is 1. The van der Waals surface area contributed by atoms with Gasteiger partial charge in [0.1, 0.15) is 5.75 Å². The molecule has 0 aliphatic carbocycles. The molecule has 0 spiro atoms. The number of aromatic nitrogens is 1. The third kappa shape index (κ3) is 4.09. The summed E-state index contributed by atoms with van der Waals surface area (Å²) in [5, 5.41) is 0. The predicted octanol–water partition coefficient (Wildman–Crippen LogP) is 4.92. The zero-order valence-electron chi connectivity index (χ0n) is 11.7. The van der Waals surface area contributed by atoms with Crippen molar-refractivity contribution in [3.63, 3.8) is 0 Å². The van der Waals surface area contributed by atoms with E-state index in [4.69, 9.17) is 4.74 Å². The lowest BCUT2D eigenvalue weighted by Crippen LogP contribution is -1.94. The SMILES string of the molecule is CCCCCc1ccccc1Oc1ccc(C)cn1. The molecule has 2 heteroatoms. The molecule has 1 aromatic heterocycles. The van der Waals surface area contributed by atoms with E-state index >= 15 is 0 Å². The fraction of sp³-hybridized carbons (Fsp3) is 0.353. The van der Waals surface area contributed by atoms with E-state index in [-0.39, 0.29) is 0 Å². The van der Waals surface area contributed by atoms with Gasteiger partial charge in [0.25, 0.3) is 0 Å². The van der Waals surface area contributed by atoms with Crippen LogP contribution in [0.2, 0.25) is 0 Å². The Bertz CT molecular complexity index is 505. The van der Waals surface area contributed by atoms with Crippen LogP contribution in [0.15, 0.2) is 42.6 Å². The average molecular weight is 255 g/mol. The summed E-state index contributed by atoms with van der Waals surface area (Å²) in [4.78, 5) is 4.29. The molecule has 2 nitrogen and oxygen atoms in total. The second-order valence-electron chi connectivity index (χ2n) is 4.84. The molecule has 1 aromatic carbocycles. The summed E-state index contributed by atoms with van der Waals surface area (Å²) >= 11 is 0. The molecule has 0 saturated heterocycles. The summed E-state index contributed by atoms with van der Waals surface area (Å²) in [7, 11) is 0. The van der Waals surface area contributed by atoms with Gasteiger partial charge in [-0.25, -0.2) is 4.98 Å². The van der Waals surface area contributed by atoms with Crippen LogP contribution in [0.25, 0.3) is 0 Å². The minimum absolute atomic E-state index is 0.661. The van der Waals surface area contributed by atoms with Crippen LogP contribution in [0.4, 0.5) is 0 Å². The van der Waals surface area contributed by atoms with Gasteiger partial charge in [0, 0.05) is 12.3 Å². The van der Waals surface area contributed by atoms with Crippen LogP contribution in [-0.2, 0) is 6.42 Å². The molecular weight excluding hydrogens is 234 g/mol. The van der Waals surface area contributed by atoms with Crippen LogP contribution in [0.5, 0.6) is 11.6 Å². The molecule has 0 saturated carbocycles. The van der Waals surface area contributed by atoms with Gasteiger partial charge in [-0.05, 0) is 37.0 Å². The molecule has 0 amide bonds. The molecule has 0 N–H and O–H groups in total. The standard InChI is InChI=1S/C17H21NO/c1-3-4-5-8-15-9-6-7-10-16(15)19-17-12-11-14(2)13-18-17/h6-7,9-13H,3-5,8H2,1-2H3. The van der Waals surface area contributed by atoms with Crippen molar-refractivity contribution in [3.05, 3.63) is 53.7 Å². The third-order valence-corrected chi connectivity index (χ3v) is 3.12. The maximum Gasteiger partial charge on any atom is 0.219 e. The fourth-order valence-electron chi connectivity index (χ4n) is 2.00. The van der Waals surface area contributed by atoms with Gasteiger partial charge in [0.2, 0.25) is 5.88 Å². The summed E-state index contributed by atoms with van der Waals surface area (Å²) in [6.45, 7) is 4.24. The Kier molecular flexibility index (Phi) is 4.96. The molecule has 0 fully saturated rings. The molecule has 0 aliphatic rings. The van der Waals surface area contributed by atoms with Gasteiger partial charge in [-0.3, -0.25) is 0 Å². The number of rotatable bonds is 6. The number of hydrogen-bond donors (Lipinski definition) is 0. The summed E-state index contributed by atoms with van der Waals surface area (Å²) in [5.41, 5.74) is 2.40. The van der Waals surface area contributed by atoms with Crippen molar-refractivity contribution in [3.8, 4) is 11.6 Å². The normalized spacial score (nSPS) is 10.4. The Hall–Kier alpha value is -1.83. The monoisotopic (exact) mass is 255 g/mol. The van der Waals surface area contributed by atoms with Gasteiger partial charge in [0.05, 0.1) is 0 Å². The fourth-order valence-corrected chi connectivity index (χ4v) is 2.00. The minimum Gasteiger partial charge on any atom is -0.439 e. The average Bonchev–Trinajstić information content (AvgIpc) is 2.43. The maximum absolute atomic E-state index is 5.88. The molecule has 0 aliphatic heterocycles. The van der Waals surface area contributed by atoms with E-state index in [0.29, 0.717) is 5.88 Å². The first-order valence-corrected chi connectivity index (χ1v) is 6.98. The largest absolute Gasteiger partial charge is 0.439 e. The first-order chi connectivity index (χ1) is 9.29. The van der Waals surface area contributed by atoms with Gasteiger partial charge in [0.15, 0.2) is 0 Å². The molecule has 19 heavy (non-hydrogen) atoms. The van der Waals surface area contributed by atoms with E-state index in [2.05, 4.69) is 24.0 Å². The second-order valence-corrected chi connectivity index (χ2v) is 4.84. The second kappa shape index (κ2) is 6.93. The Balaban J connectivity index is 2.08. The zero-order valence-corrected chi connectivity index (χ0v) is 11.7. The van der Waals surface area contributed by atoms with E-state index in [1.165, 1.54) is 24.8 Å². The van der Waals surface area contributed by atoms with Crippen molar-refractivity contribution < 1.29 is 4.74 Å². The van der Waals surface area contributed by atoms with E-state index in [0.717, 1.165) is 17.7 Å². The first-order valence-electron chi connectivity index (χ1n) is 6.98. The van der Waals surface area contributed by atoms with Gasteiger partial charge in [-0.2, -0.15) is 0 Å². The van der Waals surface area contributed by atoms with Crippen LogP contribution in [-0.4, -0.2) is 4.98 Å². The highest BCUT2D eigenvalue weighted by Crippen LogP contribution is 2.25. The third-order valence-electron chi connectivity index (χ3n) is 3.12. The molecular formula is C17H21NO. The Morgan fingerprint density at radius 1 is 1.05 bits per heavy atom. The molecule has 0 unspecified atom stereocenters. The van der Waals surface area contributed by atoms with Crippen LogP contribution >= 0.6 is 0 Å². The quantitative estimate of drug-likeness (QED) is 0.684. The summed E-state index contributed by atoms with van der Waals surface area (Å²) < 4.78 is 5.88. The molecule has 2 aromatic rings. The Morgan fingerprint density at radius 3 is 2.63 bits per heavy atom. The van der Waals surface area contributed by atoms with Crippen molar-refractivity contribution in [1.82, 2.24) is 4.98 Å². The molecule has 2 rings (SSSR count). The van der Waals surface area contributed by atoms with E-state index in [9.17, 15) is 0 Å². The first kappa shape index (κ1) is 13.6. The zero-order chi connectivity index (χ0) is 13.5. The minimum atomic E-state index is 0.661. The number of aryl methyl sites for hydroxylation is 2. The number of hydrogen-bond acceptors (Lipinski definition) is 2. The van der Waals surface area contributed by atoms with Crippen molar-refractivity contribution in [2.24, 2.45) is 0 Å². The van der Waals surface area contributed by atoms with E-state index < -0.39 is 0 Å². The van der Waals surface area contributed by atoms with E-state index in [1.54, 1.807) is 0 Å². The summed E-state index contributed by atoms with van der Waals surface area (Å²) in [6.07, 6.45) is 6.60. The number of ether oxygens (including phenoxy) is 1. The predicted molar refractivity (Wildman–Crippen MR) is 78.7 cm³/mol. The van der Waals surface area contributed by atoms with Crippen LogP contribution in [0.1, 0.15) is 37.3 Å². The molecule has 100 valence electrons. The highest BCUT2D eigenvalue weighted by molar-refractivity contribution is 5.36. The van der Waals surface area contributed by atoms with E-state index in [1.807, 2.05) is 37.4 Å².